The highest BCUT2D eigenvalue weighted by molar-refractivity contribution is 5.89. The molecule has 0 aliphatic heterocycles. The molecular weight excluding hydrogens is 261 g/mol. The summed E-state index contributed by atoms with van der Waals surface area (Å²) < 4.78 is 13.8. The summed E-state index contributed by atoms with van der Waals surface area (Å²) in [5.74, 6) is 5.57. The lowest BCUT2D eigenvalue weighted by Gasteiger charge is -2.09. The zero-order valence-electron chi connectivity index (χ0n) is 10.6. The largest absolute Gasteiger partial charge is 0.337 e. The first-order valence-corrected chi connectivity index (χ1v) is 5.88. The number of nitrogens with two attached hydrogens (primary N) is 1. The third-order valence-corrected chi connectivity index (χ3v) is 2.81. The van der Waals surface area contributed by atoms with Crippen LogP contribution in [0.5, 0.6) is 0 Å². The molecule has 5 N–H and O–H groups in total. The Balaban J connectivity index is 2.09. The number of rotatable bonds is 3. The Morgan fingerprint density at radius 2 is 2.15 bits per heavy atom. The van der Waals surface area contributed by atoms with E-state index in [-0.39, 0.29) is 11.8 Å². The van der Waals surface area contributed by atoms with Gasteiger partial charge in [0.2, 0.25) is 5.95 Å². The molecule has 0 bridgehead atoms. The Hall–Kier alpha value is -2.74. The van der Waals surface area contributed by atoms with Gasteiger partial charge in [0, 0.05) is 0 Å². The van der Waals surface area contributed by atoms with Crippen molar-refractivity contribution in [3.8, 4) is 0 Å². The van der Waals surface area contributed by atoms with Crippen LogP contribution in [0.25, 0.3) is 11.0 Å². The number of nitrogen functional groups attached to an aromatic ring is 1. The van der Waals surface area contributed by atoms with Crippen molar-refractivity contribution in [1.29, 1.82) is 0 Å². The zero-order chi connectivity index (χ0) is 14.1. The summed E-state index contributed by atoms with van der Waals surface area (Å²) in [5, 5.41) is 10.2. The van der Waals surface area contributed by atoms with Gasteiger partial charge in [-0.05, 0) is 24.6 Å². The first-order chi connectivity index (χ1) is 9.67. The van der Waals surface area contributed by atoms with E-state index in [0.717, 1.165) is 5.56 Å². The number of aromatic amines is 1. The van der Waals surface area contributed by atoms with Gasteiger partial charge in [0.1, 0.15) is 11.6 Å². The number of hydrazine groups is 1. The number of hydrogen-bond donors (Lipinski definition) is 4. The first kappa shape index (κ1) is 12.3. The van der Waals surface area contributed by atoms with Gasteiger partial charge >= 0.3 is 0 Å². The van der Waals surface area contributed by atoms with Gasteiger partial charge in [-0.3, -0.25) is 10.5 Å². The normalized spacial score (nSPS) is 10.8. The van der Waals surface area contributed by atoms with E-state index >= 15 is 0 Å². The van der Waals surface area contributed by atoms with Gasteiger partial charge < -0.3 is 5.32 Å². The summed E-state index contributed by atoms with van der Waals surface area (Å²) in [6.07, 6.45) is 1.56. The molecule has 0 saturated carbocycles. The van der Waals surface area contributed by atoms with E-state index in [1.807, 2.05) is 6.92 Å². The van der Waals surface area contributed by atoms with Crippen molar-refractivity contribution in [2.45, 2.75) is 6.92 Å². The first-order valence-electron chi connectivity index (χ1n) is 5.88. The van der Waals surface area contributed by atoms with Crippen LogP contribution < -0.4 is 16.6 Å². The number of halogens is 1. The topological polar surface area (TPSA) is 105 Å². The van der Waals surface area contributed by atoms with Crippen molar-refractivity contribution < 1.29 is 4.39 Å². The molecule has 0 aliphatic rings. The second-order valence-electron chi connectivity index (χ2n) is 4.28. The lowest BCUT2D eigenvalue weighted by Crippen LogP contribution is -2.11. The zero-order valence-corrected chi connectivity index (χ0v) is 10.6. The van der Waals surface area contributed by atoms with Gasteiger partial charge in [0.25, 0.3) is 0 Å². The van der Waals surface area contributed by atoms with Crippen LogP contribution in [0.3, 0.4) is 0 Å². The predicted molar refractivity (Wildman–Crippen MR) is 73.9 cm³/mol. The van der Waals surface area contributed by atoms with Crippen LogP contribution in [0.4, 0.5) is 21.8 Å². The molecular formula is C12H12FN7. The Morgan fingerprint density at radius 1 is 1.30 bits per heavy atom. The molecule has 1 aromatic carbocycles. The van der Waals surface area contributed by atoms with Crippen molar-refractivity contribution in [1.82, 2.24) is 20.2 Å². The summed E-state index contributed by atoms with van der Waals surface area (Å²) in [6, 6.07) is 4.78. The van der Waals surface area contributed by atoms with E-state index in [0.29, 0.717) is 22.5 Å². The number of hydrogen-bond acceptors (Lipinski definition) is 6. The maximum Gasteiger partial charge on any atom is 0.241 e. The van der Waals surface area contributed by atoms with Crippen LogP contribution in [0.1, 0.15) is 5.56 Å². The Labute approximate surface area is 113 Å². The number of nitrogens with zero attached hydrogens (tertiary/aromatic N) is 3. The van der Waals surface area contributed by atoms with Crippen LogP contribution >= 0.6 is 0 Å². The fourth-order valence-corrected chi connectivity index (χ4v) is 1.86. The minimum atomic E-state index is -0.367. The van der Waals surface area contributed by atoms with E-state index < -0.39 is 0 Å². The second-order valence-corrected chi connectivity index (χ2v) is 4.28. The third kappa shape index (κ3) is 2.12. The fraction of sp³-hybridized carbons (Fsp3) is 0.0833. The molecule has 3 aromatic rings. The van der Waals surface area contributed by atoms with E-state index in [1.165, 1.54) is 6.07 Å². The molecule has 3 rings (SSSR count). The molecule has 2 heterocycles. The molecule has 0 spiro atoms. The minimum absolute atomic E-state index is 0.206. The molecule has 102 valence electrons. The van der Waals surface area contributed by atoms with Crippen LogP contribution in [-0.4, -0.2) is 20.2 Å². The van der Waals surface area contributed by atoms with Crippen LogP contribution in [-0.2, 0) is 0 Å². The van der Waals surface area contributed by atoms with Crippen LogP contribution in [0.15, 0.2) is 24.4 Å². The number of nitrogens with one attached hydrogen (secondary N) is 3. The molecule has 7 nitrogen and oxygen atoms in total. The minimum Gasteiger partial charge on any atom is -0.337 e. The summed E-state index contributed by atoms with van der Waals surface area (Å²) in [7, 11) is 0. The number of fused-ring (bicyclic) bond motifs is 1. The second kappa shape index (κ2) is 4.74. The standard InChI is InChI=1S/C12H12FN7/c1-6-2-3-8(13)9(4-6)16-10-7-5-15-20-11(7)18-12(17-10)19-14/h2-5H,14H2,1H3,(H3,15,16,17,18,19,20). The highest BCUT2D eigenvalue weighted by Gasteiger charge is 2.11. The highest BCUT2D eigenvalue weighted by Crippen LogP contribution is 2.25. The van der Waals surface area contributed by atoms with Crippen molar-refractivity contribution in [2.24, 2.45) is 5.84 Å². The van der Waals surface area contributed by atoms with E-state index in [1.54, 1.807) is 18.3 Å². The lowest BCUT2D eigenvalue weighted by molar-refractivity contribution is 0.631. The molecule has 8 heteroatoms. The molecule has 2 aromatic heterocycles. The fourth-order valence-electron chi connectivity index (χ4n) is 1.86. The average Bonchev–Trinajstić information content (AvgIpc) is 2.91. The maximum atomic E-state index is 13.8. The average molecular weight is 273 g/mol. The Bertz CT molecular complexity index is 768. The van der Waals surface area contributed by atoms with E-state index in [9.17, 15) is 4.39 Å². The maximum absolute atomic E-state index is 13.8. The smallest absolute Gasteiger partial charge is 0.241 e. The molecule has 0 fully saturated rings. The highest BCUT2D eigenvalue weighted by atomic mass is 19.1. The molecule has 20 heavy (non-hydrogen) atoms. The number of aromatic nitrogens is 4. The molecule has 0 amide bonds. The molecule has 0 saturated heterocycles. The number of benzene rings is 1. The van der Waals surface area contributed by atoms with Gasteiger partial charge in [-0.2, -0.15) is 15.1 Å². The number of anilines is 3. The lowest BCUT2D eigenvalue weighted by atomic mass is 10.2. The van der Waals surface area contributed by atoms with Gasteiger partial charge in [0.15, 0.2) is 5.65 Å². The molecule has 0 radical (unpaired) electrons. The monoisotopic (exact) mass is 273 g/mol. The van der Waals surface area contributed by atoms with Crippen molar-refractivity contribution in [3.63, 3.8) is 0 Å². The summed E-state index contributed by atoms with van der Waals surface area (Å²) >= 11 is 0. The third-order valence-electron chi connectivity index (χ3n) is 2.81. The summed E-state index contributed by atoms with van der Waals surface area (Å²) in [5.41, 5.74) is 4.12. The Kier molecular flexibility index (Phi) is 2.92. The molecule has 0 aliphatic carbocycles. The molecule has 0 unspecified atom stereocenters. The number of H-pyrrole nitrogens is 1. The van der Waals surface area contributed by atoms with Crippen molar-refractivity contribution in [2.75, 3.05) is 10.7 Å². The Morgan fingerprint density at radius 3 is 2.95 bits per heavy atom. The van der Waals surface area contributed by atoms with E-state index in [4.69, 9.17) is 5.84 Å². The summed E-state index contributed by atoms with van der Waals surface area (Å²) in [6.45, 7) is 1.88. The molecule has 0 atom stereocenters. The van der Waals surface area contributed by atoms with Gasteiger partial charge in [-0.1, -0.05) is 6.07 Å². The number of aryl methyl sites for hydroxylation is 1. The van der Waals surface area contributed by atoms with Gasteiger partial charge in [0.05, 0.1) is 17.3 Å². The van der Waals surface area contributed by atoms with Gasteiger partial charge in [-0.25, -0.2) is 10.2 Å². The summed E-state index contributed by atoms with van der Waals surface area (Å²) in [4.78, 5) is 8.27. The predicted octanol–water partition coefficient (Wildman–Crippen LogP) is 1.83. The van der Waals surface area contributed by atoms with Crippen molar-refractivity contribution in [3.05, 3.63) is 35.8 Å². The quantitative estimate of drug-likeness (QED) is 0.428. The van der Waals surface area contributed by atoms with Crippen LogP contribution in [0.2, 0.25) is 0 Å². The van der Waals surface area contributed by atoms with Crippen LogP contribution in [0, 0.1) is 12.7 Å². The SMILES string of the molecule is Cc1ccc(F)c(Nc2nc(NN)nc3[nH]ncc23)c1. The van der Waals surface area contributed by atoms with E-state index in [2.05, 4.69) is 30.9 Å². The van der Waals surface area contributed by atoms with Gasteiger partial charge in [-0.15, -0.1) is 0 Å². The van der Waals surface area contributed by atoms with Crippen molar-refractivity contribution >= 4 is 28.5 Å².